The molecule has 1 N–H and O–H groups in total. The number of imidazole rings is 1. The van der Waals surface area contributed by atoms with E-state index in [-0.39, 0.29) is 7.33 Å². The average Bonchev–Trinajstić information content (AvgIpc) is 2.76. The Morgan fingerprint density at radius 1 is 1.59 bits per heavy atom. The molecule has 1 heterocycles. The summed E-state index contributed by atoms with van der Waals surface area (Å²) >= 11 is 0. The largest absolute Gasteiger partial charge is 0.352 e. The van der Waals surface area contributed by atoms with Crippen LogP contribution in [0.2, 0.25) is 0 Å². The first-order chi connectivity index (χ1) is 8.27. The summed E-state index contributed by atoms with van der Waals surface area (Å²) in [6, 6.07) is 0. The number of rotatable bonds is 4. The van der Waals surface area contributed by atoms with Crippen LogP contribution in [0.15, 0.2) is 36.2 Å². The molecule has 17 heavy (non-hydrogen) atoms. The molecule has 4 nitrogen and oxygen atoms in total. The molecule has 4 heteroatoms. The maximum Gasteiger partial charge on any atom is 0.250 e. The average molecular weight is 233 g/mol. The summed E-state index contributed by atoms with van der Waals surface area (Å²) in [5.41, 5.74) is 0.774. The van der Waals surface area contributed by atoms with E-state index in [0.717, 1.165) is 30.7 Å². The van der Waals surface area contributed by atoms with Crippen LogP contribution in [0, 0.1) is 0 Å². The lowest BCUT2D eigenvalue weighted by Crippen LogP contribution is -2.27. The summed E-state index contributed by atoms with van der Waals surface area (Å²) in [4.78, 5) is 16.0. The van der Waals surface area contributed by atoms with Crippen molar-refractivity contribution in [2.75, 3.05) is 6.54 Å². The molecule has 0 atom stereocenters. The van der Waals surface area contributed by atoms with E-state index in [0.29, 0.717) is 6.54 Å². The molecule has 1 aliphatic rings. The van der Waals surface area contributed by atoms with Gasteiger partial charge < -0.3 is 9.88 Å². The Hall–Kier alpha value is -1.84. The molecule has 1 aromatic rings. The van der Waals surface area contributed by atoms with E-state index in [1.54, 1.807) is 6.20 Å². The van der Waals surface area contributed by atoms with Crippen LogP contribution in [-0.2, 0) is 18.3 Å². The SMILES string of the molecule is Cn1ccnc1CCNC(=O)C1=CCCC=C1.[HH]. The van der Waals surface area contributed by atoms with E-state index in [2.05, 4.69) is 10.3 Å². The Labute approximate surface area is 103 Å². The van der Waals surface area contributed by atoms with Crippen molar-refractivity contribution in [2.24, 2.45) is 7.05 Å². The van der Waals surface area contributed by atoms with Crippen LogP contribution in [0.3, 0.4) is 0 Å². The van der Waals surface area contributed by atoms with Gasteiger partial charge in [0.05, 0.1) is 0 Å². The summed E-state index contributed by atoms with van der Waals surface area (Å²) < 4.78 is 1.96. The van der Waals surface area contributed by atoms with E-state index >= 15 is 0 Å². The van der Waals surface area contributed by atoms with E-state index in [4.69, 9.17) is 0 Å². The van der Waals surface area contributed by atoms with Crippen LogP contribution in [0.4, 0.5) is 0 Å². The minimum atomic E-state index is 0. The van der Waals surface area contributed by atoms with Crippen molar-refractivity contribution in [3.63, 3.8) is 0 Å². The lowest BCUT2D eigenvalue weighted by atomic mass is 10.1. The Morgan fingerprint density at radius 3 is 3.12 bits per heavy atom. The minimum absolute atomic E-state index is 0. The third kappa shape index (κ3) is 3.06. The lowest BCUT2D eigenvalue weighted by Gasteiger charge is -2.08. The van der Waals surface area contributed by atoms with Crippen LogP contribution < -0.4 is 5.32 Å². The first-order valence-electron chi connectivity index (χ1n) is 5.88. The maximum atomic E-state index is 11.8. The zero-order valence-electron chi connectivity index (χ0n) is 10.0. The molecule has 1 amide bonds. The highest BCUT2D eigenvalue weighted by Gasteiger charge is 2.07. The maximum absolute atomic E-state index is 11.8. The fourth-order valence-electron chi connectivity index (χ4n) is 1.81. The summed E-state index contributed by atoms with van der Waals surface area (Å²) in [6.07, 6.45) is 12.3. The Morgan fingerprint density at radius 2 is 2.47 bits per heavy atom. The van der Waals surface area contributed by atoms with Gasteiger partial charge in [-0.05, 0) is 12.8 Å². The van der Waals surface area contributed by atoms with E-state index in [1.165, 1.54) is 0 Å². The Kier molecular flexibility index (Phi) is 3.75. The van der Waals surface area contributed by atoms with E-state index in [1.807, 2.05) is 36.0 Å². The summed E-state index contributed by atoms with van der Waals surface area (Å²) in [6.45, 7) is 0.620. The van der Waals surface area contributed by atoms with Crippen molar-refractivity contribution < 1.29 is 6.22 Å². The van der Waals surface area contributed by atoms with Gasteiger partial charge in [0.1, 0.15) is 5.82 Å². The zero-order chi connectivity index (χ0) is 12.1. The number of allylic oxidation sites excluding steroid dienone is 2. The van der Waals surface area contributed by atoms with Crippen LogP contribution in [0.5, 0.6) is 0 Å². The second kappa shape index (κ2) is 5.48. The van der Waals surface area contributed by atoms with Gasteiger partial charge in [0.15, 0.2) is 0 Å². The third-order valence-electron chi connectivity index (χ3n) is 2.81. The first kappa shape index (κ1) is 11.6. The molecule has 0 unspecified atom stereocenters. The minimum Gasteiger partial charge on any atom is -0.352 e. The fourth-order valence-corrected chi connectivity index (χ4v) is 1.81. The summed E-state index contributed by atoms with van der Waals surface area (Å²) in [7, 11) is 1.95. The topological polar surface area (TPSA) is 46.9 Å². The number of nitrogens with zero attached hydrogens (tertiary/aromatic N) is 2. The zero-order valence-corrected chi connectivity index (χ0v) is 10.0. The molecular formula is C13H19N3O. The van der Waals surface area contributed by atoms with Crippen LogP contribution in [0.25, 0.3) is 0 Å². The Balaban J connectivity index is 0.00000162. The number of carbonyl (C=O) groups is 1. The highest BCUT2D eigenvalue weighted by atomic mass is 16.1. The van der Waals surface area contributed by atoms with Gasteiger partial charge in [0, 0.05) is 39.4 Å². The lowest BCUT2D eigenvalue weighted by molar-refractivity contribution is -0.117. The molecule has 0 aliphatic heterocycles. The predicted molar refractivity (Wildman–Crippen MR) is 68.5 cm³/mol. The van der Waals surface area contributed by atoms with Crippen molar-refractivity contribution in [3.8, 4) is 0 Å². The number of hydrogen-bond acceptors (Lipinski definition) is 2. The molecule has 1 aliphatic carbocycles. The standard InChI is InChI=1S/C13H17N3O.H2/c1-16-10-9-14-12(16)7-8-15-13(17)11-5-3-2-4-6-11;/h3,5-6,9-10H,2,4,7-8H2,1H3,(H,15,17);1H. The number of carbonyl (C=O) groups excluding carboxylic acids is 1. The summed E-state index contributed by atoms with van der Waals surface area (Å²) in [5.74, 6) is 0.994. The van der Waals surface area contributed by atoms with Gasteiger partial charge in [-0.1, -0.05) is 18.2 Å². The van der Waals surface area contributed by atoms with Crippen molar-refractivity contribution in [3.05, 3.63) is 42.0 Å². The van der Waals surface area contributed by atoms with Crippen molar-refractivity contribution >= 4 is 5.91 Å². The van der Waals surface area contributed by atoms with Gasteiger partial charge in [-0.15, -0.1) is 0 Å². The molecule has 0 aromatic carbocycles. The number of aryl methyl sites for hydroxylation is 1. The number of hydrogen-bond donors (Lipinski definition) is 1. The van der Waals surface area contributed by atoms with Gasteiger partial charge in [-0.25, -0.2) is 4.98 Å². The molecule has 0 fully saturated rings. The number of nitrogens with one attached hydrogen (secondary N) is 1. The molecule has 0 radical (unpaired) electrons. The van der Waals surface area contributed by atoms with Crippen LogP contribution in [-0.4, -0.2) is 22.0 Å². The van der Waals surface area contributed by atoms with Gasteiger partial charge in [0.2, 0.25) is 0 Å². The highest BCUT2D eigenvalue weighted by molar-refractivity contribution is 5.96. The number of amides is 1. The molecule has 0 bridgehead atoms. The smallest absolute Gasteiger partial charge is 0.250 e. The van der Waals surface area contributed by atoms with Gasteiger partial charge >= 0.3 is 0 Å². The molecule has 1 aromatic heterocycles. The van der Waals surface area contributed by atoms with Crippen molar-refractivity contribution in [1.29, 1.82) is 0 Å². The van der Waals surface area contributed by atoms with Gasteiger partial charge in [-0.3, -0.25) is 4.79 Å². The normalized spacial score (nSPS) is 14.5. The fraction of sp³-hybridized carbons (Fsp3) is 0.385. The van der Waals surface area contributed by atoms with E-state index < -0.39 is 0 Å². The molecule has 2 rings (SSSR count). The monoisotopic (exact) mass is 233 g/mol. The second-order valence-electron chi connectivity index (χ2n) is 4.10. The van der Waals surface area contributed by atoms with E-state index in [9.17, 15) is 4.79 Å². The molecular weight excluding hydrogens is 214 g/mol. The molecule has 0 spiro atoms. The third-order valence-corrected chi connectivity index (χ3v) is 2.81. The van der Waals surface area contributed by atoms with Crippen LogP contribution >= 0.6 is 0 Å². The van der Waals surface area contributed by atoms with Crippen LogP contribution in [0.1, 0.15) is 20.1 Å². The van der Waals surface area contributed by atoms with Crippen molar-refractivity contribution in [1.82, 2.24) is 14.9 Å². The number of aromatic nitrogens is 2. The summed E-state index contributed by atoms with van der Waals surface area (Å²) in [5, 5.41) is 2.91. The second-order valence-corrected chi connectivity index (χ2v) is 4.10. The predicted octanol–water partition coefficient (Wildman–Crippen LogP) is 1.60. The van der Waals surface area contributed by atoms with Gasteiger partial charge in [-0.2, -0.15) is 0 Å². The molecule has 0 saturated carbocycles. The molecule has 0 saturated heterocycles. The first-order valence-corrected chi connectivity index (χ1v) is 5.88. The van der Waals surface area contributed by atoms with Crippen molar-refractivity contribution in [2.45, 2.75) is 19.3 Å². The Bertz CT molecular complexity index is 463. The quantitative estimate of drug-likeness (QED) is 0.858. The molecule has 92 valence electrons. The highest BCUT2D eigenvalue weighted by Crippen LogP contribution is 2.09. The van der Waals surface area contributed by atoms with Gasteiger partial charge in [0.25, 0.3) is 5.91 Å².